The van der Waals surface area contributed by atoms with Crippen LogP contribution in [0.15, 0.2) is 10.5 Å². The summed E-state index contributed by atoms with van der Waals surface area (Å²) in [5, 5.41) is 4.54. The molecule has 1 rings (SSSR count). The second kappa shape index (κ2) is 4.61. The van der Waals surface area contributed by atoms with E-state index in [1.165, 1.54) is 5.38 Å². The van der Waals surface area contributed by atoms with Crippen LogP contribution in [0.4, 0.5) is 13.9 Å². The summed E-state index contributed by atoms with van der Waals surface area (Å²) >= 11 is 1.07. The molecule has 0 bridgehead atoms. The van der Waals surface area contributed by atoms with Crippen molar-refractivity contribution < 1.29 is 18.4 Å². The lowest BCUT2D eigenvalue weighted by Gasteiger charge is -1.95. The standard InChI is InChI=1S/C6H5F2N3O2S/c7-5(8)13-11-3(1-12)4-2-14-6(9)10-4/h1-2,5H,(H2,9,10). The zero-order valence-electron chi connectivity index (χ0n) is 6.68. The van der Waals surface area contributed by atoms with E-state index in [-0.39, 0.29) is 22.8 Å². The van der Waals surface area contributed by atoms with E-state index in [0.29, 0.717) is 0 Å². The van der Waals surface area contributed by atoms with Crippen molar-refractivity contribution >= 4 is 28.5 Å². The normalized spacial score (nSPS) is 11.8. The molecule has 0 saturated heterocycles. The Bertz CT molecular complexity index is 353. The van der Waals surface area contributed by atoms with E-state index in [1.54, 1.807) is 0 Å². The SMILES string of the molecule is Nc1nc(C(C=O)=NOC(F)F)cs1. The van der Waals surface area contributed by atoms with Crippen LogP contribution >= 0.6 is 11.3 Å². The Morgan fingerprint density at radius 1 is 1.79 bits per heavy atom. The number of nitrogens with zero attached hydrogens (tertiary/aromatic N) is 2. The van der Waals surface area contributed by atoms with Gasteiger partial charge in [0.05, 0.1) is 0 Å². The first-order valence-corrected chi connectivity index (χ1v) is 4.20. The number of alkyl halides is 2. The van der Waals surface area contributed by atoms with E-state index in [1.807, 2.05) is 0 Å². The molecule has 0 saturated carbocycles. The Balaban J connectivity index is 2.81. The zero-order valence-corrected chi connectivity index (χ0v) is 7.50. The predicted molar refractivity (Wildman–Crippen MR) is 46.2 cm³/mol. The fraction of sp³-hybridized carbons (Fsp3) is 0.167. The third-order valence-corrected chi connectivity index (χ3v) is 1.80. The monoisotopic (exact) mass is 221 g/mol. The van der Waals surface area contributed by atoms with Gasteiger partial charge in [0.1, 0.15) is 5.69 Å². The molecular weight excluding hydrogens is 216 g/mol. The summed E-state index contributed by atoms with van der Waals surface area (Å²) in [7, 11) is 0. The van der Waals surface area contributed by atoms with E-state index >= 15 is 0 Å². The van der Waals surface area contributed by atoms with Crippen molar-refractivity contribution in [2.24, 2.45) is 5.16 Å². The van der Waals surface area contributed by atoms with Crippen LogP contribution in [0.25, 0.3) is 0 Å². The smallest absolute Gasteiger partial charge is 0.375 e. The third kappa shape index (κ3) is 2.73. The predicted octanol–water partition coefficient (Wildman–Crippen LogP) is 0.868. The van der Waals surface area contributed by atoms with Crippen molar-refractivity contribution in [3.8, 4) is 0 Å². The quantitative estimate of drug-likeness (QED) is 0.465. The van der Waals surface area contributed by atoms with Gasteiger partial charge in [-0.3, -0.25) is 4.79 Å². The third-order valence-electron chi connectivity index (χ3n) is 1.13. The van der Waals surface area contributed by atoms with E-state index < -0.39 is 6.61 Å². The molecule has 8 heteroatoms. The van der Waals surface area contributed by atoms with Gasteiger partial charge >= 0.3 is 6.61 Å². The largest absolute Gasteiger partial charge is 0.407 e. The van der Waals surface area contributed by atoms with Gasteiger partial charge in [0.2, 0.25) is 0 Å². The van der Waals surface area contributed by atoms with Gasteiger partial charge < -0.3 is 10.6 Å². The number of oxime groups is 1. The summed E-state index contributed by atoms with van der Waals surface area (Å²) in [6, 6.07) is 0. The van der Waals surface area contributed by atoms with E-state index in [0.717, 1.165) is 11.3 Å². The number of thiazole rings is 1. The maximum atomic E-state index is 11.6. The maximum Gasteiger partial charge on any atom is 0.407 e. The first-order valence-electron chi connectivity index (χ1n) is 3.32. The molecule has 14 heavy (non-hydrogen) atoms. The maximum absolute atomic E-state index is 11.6. The Morgan fingerprint density at radius 2 is 2.50 bits per heavy atom. The molecular formula is C6H5F2N3O2S. The number of aldehydes is 1. The van der Waals surface area contributed by atoms with Crippen molar-refractivity contribution in [2.75, 3.05) is 5.73 Å². The highest BCUT2D eigenvalue weighted by Gasteiger charge is 2.09. The van der Waals surface area contributed by atoms with Crippen molar-refractivity contribution in [3.63, 3.8) is 0 Å². The Hall–Kier alpha value is -1.57. The van der Waals surface area contributed by atoms with Crippen LogP contribution in [0.5, 0.6) is 0 Å². The second-order valence-electron chi connectivity index (χ2n) is 2.03. The van der Waals surface area contributed by atoms with Crippen LogP contribution in [-0.4, -0.2) is 23.6 Å². The molecule has 0 unspecified atom stereocenters. The molecule has 0 aliphatic heterocycles. The summed E-state index contributed by atoms with van der Waals surface area (Å²) in [6.07, 6.45) is 0.261. The molecule has 0 aliphatic rings. The molecule has 0 amide bonds. The number of aromatic nitrogens is 1. The summed E-state index contributed by atoms with van der Waals surface area (Å²) in [6.45, 7) is -3.07. The number of carbonyl (C=O) groups excluding carboxylic acids is 1. The van der Waals surface area contributed by atoms with Crippen molar-refractivity contribution in [1.29, 1.82) is 0 Å². The Morgan fingerprint density at radius 3 is 2.93 bits per heavy atom. The number of rotatable bonds is 4. The van der Waals surface area contributed by atoms with Gasteiger partial charge in [-0.15, -0.1) is 11.3 Å². The van der Waals surface area contributed by atoms with E-state index in [4.69, 9.17) is 5.73 Å². The van der Waals surface area contributed by atoms with Crippen LogP contribution in [0, 0.1) is 0 Å². The Labute approximate surface area is 81.2 Å². The minimum absolute atomic E-state index is 0.114. The van der Waals surface area contributed by atoms with Gasteiger partial charge in [-0.1, -0.05) is 5.16 Å². The molecule has 2 N–H and O–H groups in total. The Kier molecular flexibility index (Phi) is 3.46. The molecule has 1 aromatic heterocycles. The van der Waals surface area contributed by atoms with Gasteiger partial charge in [0.25, 0.3) is 0 Å². The van der Waals surface area contributed by atoms with Crippen molar-refractivity contribution in [2.45, 2.75) is 6.61 Å². The van der Waals surface area contributed by atoms with E-state index in [9.17, 15) is 13.6 Å². The van der Waals surface area contributed by atoms with E-state index in [2.05, 4.69) is 15.0 Å². The summed E-state index contributed by atoms with van der Waals surface area (Å²) in [4.78, 5) is 17.7. The van der Waals surface area contributed by atoms with Gasteiger partial charge in [0.15, 0.2) is 17.1 Å². The number of hydrogen-bond acceptors (Lipinski definition) is 6. The van der Waals surface area contributed by atoms with Gasteiger partial charge in [-0.05, 0) is 0 Å². The van der Waals surface area contributed by atoms with Gasteiger partial charge in [-0.25, -0.2) is 4.98 Å². The highest BCUT2D eigenvalue weighted by atomic mass is 32.1. The second-order valence-corrected chi connectivity index (χ2v) is 2.92. The number of anilines is 1. The molecule has 0 aliphatic carbocycles. The minimum Gasteiger partial charge on any atom is -0.375 e. The van der Waals surface area contributed by atoms with Crippen LogP contribution in [0.1, 0.15) is 5.69 Å². The average molecular weight is 221 g/mol. The van der Waals surface area contributed by atoms with Crippen LogP contribution in [0.2, 0.25) is 0 Å². The summed E-state index contributed by atoms with van der Waals surface area (Å²) in [5.74, 6) is 0. The number of carbonyl (C=O) groups is 1. The van der Waals surface area contributed by atoms with Gasteiger partial charge in [0, 0.05) is 5.38 Å². The average Bonchev–Trinajstić information content (AvgIpc) is 2.53. The lowest BCUT2D eigenvalue weighted by Crippen LogP contribution is -2.06. The number of halogens is 2. The van der Waals surface area contributed by atoms with Crippen LogP contribution < -0.4 is 5.73 Å². The molecule has 0 aromatic carbocycles. The molecule has 0 spiro atoms. The van der Waals surface area contributed by atoms with Crippen LogP contribution in [0.3, 0.4) is 0 Å². The fourth-order valence-electron chi connectivity index (χ4n) is 0.631. The highest BCUT2D eigenvalue weighted by Crippen LogP contribution is 2.11. The molecule has 0 fully saturated rings. The van der Waals surface area contributed by atoms with Crippen molar-refractivity contribution in [1.82, 2.24) is 4.98 Å². The lowest BCUT2D eigenvalue weighted by molar-refractivity contribution is -0.128. The molecule has 1 aromatic rings. The minimum atomic E-state index is -3.07. The number of hydrogen-bond donors (Lipinski definition) is 1. The van der Waals surface area contributed by atoms with Gasteiger partial charge in [-0.2, -0.15) is 8.78 Å². The topological polar surface area (TPSA) is 77.6 Å². The molecule has 1 heterocycles. The molecule has 0 radical (unpaired) electrons. The molecule has 76 valence electrons. The fourth-order valence-corrected chi connectivity index (χ4v) is 1.19. The summed E-state index contributed by atoms with van der Waals surface area (Å²) in [5.41, 5.74) is 5.07. The first-order chi connectivity index (χ1) is 6.63. The summed E-state index contributed by atoms with van der Waals surface area (Å²) < 4.78 is 23.1. The van der Waals surface area contributed by atoms with Crippen LogP contribution in [-0.2, 0) is 9.63 Å². The molecule has 5 nitrogen and oxygen atoms in total. The lowest BCUT2D eigenvalue weighted by atomic mass is 10.3. The zero-order chi connectivity index (χ0) is 10.6. The van der Waals surface area contributed by atoms with Crippen molar-refractivity contribution in [3.05, 3.63) is 11.1 Å². The first kappa shape index (κ1) is 10.5. The molecule has 0 atom stereocenters. The number of nitrogens with two attached hydrogens (primary N) is 1. The highest BCUT2D eigenvalue weighted by molar-refractivity contribution is 7.13. The number of nitrogen functional groups attached to an aromatic ring is 1.